The highest BCUT2D eigenvalue weighted by Gasteiger charge is 2.07. The summed E-state index contributed by atoms with van der Waals surface area (Å²) in [5, 5.41) is 2.88. The van der Waals surface area contributed by atoms with Gasteiger partial charge in [-0.15, -0.1) is 0 Å². The zero-order valence-electron chi connectivity index (χ0n) is 13.2. The first kappa shape index (κ1) is 18.0. The normalized spacial score (nSPS) is 10.7. The van der Waals surface area contributed by atoms with Gasteiger partial charge in [0.15, 0.2) is 6.61 Å². The second-order valence-electron chi connectivity index (χ2n) is 5.54. The highest BCUT2D eigenvalue weighted by molar-refractivity contribution is 9.10. The maximum Gasteiger partial charge on any atom is 0.257 e. The fourth-order valence-corrected chi connectivity index (χ4v) is 2.48. The SMILES string of the molecule is CCCCCCNC(=O)COc1ccc(C(C)C)cc1Br. The van der Waals surface area contributed by atoms with Crippen LogP contribution in [0, 0.1) is 0 Å². The van der Waals surface area contributed by atoms with Crippen LogP contribution >= 0.6 is 15.9 Å². The molecule has 0 aliphatic rings. The van der Waals surface area contributed by atoms with Gasteiger partial charge in [0.25, 0.3) is 5.91 Å². The fraction of sp³-hybridized carbons (Fsp3) is 0.588. The number of nitrogens with one attached hydrogen (secondary N) is 1. The Morgan fingerprint density at radius 2 is 2.05 bits per heavy atom. The van der Waals surface area contributed by atoms with Gasteiger partial charge in [0.2, 0.25) is 0 Å². The Morgan fingerprint density at radius 3 is 2.67 bits per heavy atom. The Kier molecular flexibility index (Phi) is 8.43. The van der Waals surface area contributed by atoms with Gasteiger partial charge in [0.05, 0.1) is 4.47 Å². The summed E-state index contributed by atoms with van der Waals surface area (Å²) in [6.45, 7) is 7.26. The van der Waals surface area contributed by atoms with E-state index in [0.29, 0.717) is 11.7 Å². The van der Waals surface area contributed by atoms with Crippen LogP contribution < -0.4 is 10.1 Å². The van der Waals surface area contributed by atoms with Crippen LogP contribution in [-0.2, 0) is 4.79 Å². The van der Waals surface area contributed by atoms with Crippen LogP contribution in [0.1, 0.15) is 57.9 Å². The predicted molar refractivity (Wildman–Crippen MR) is 90.9 cm³/mol. The molecule has 1 amide bonds. The molecule has 1 rings (SSSR count). The molecule has 0 aliphatic heterocycles. The second kappa shape index (κ2) is 9.82. The highest BCUT2D eigenvalue weighted by Crippen LogP contribution is 2.28. The minimum atomic E-state index is -0.0636. The minimum absolute atomic E-state index is 0.0629. The number of benzene rings is 1. The third kappa shape index (κ3) is 6.98. The first-order chi connectivity index (χ1) is 10.0. The lowest BCUT2D eigenvalue weighted by molar-refractivity contribution is -0.123. The standard InChI is InChI=1S/C17H26BrNO2/c1-4-5-6-7-10-19-17(20)12-21-16-9-8-14(13(2)3)11-15(16)18/h8-9,11,13H,4-7,10,12H2,1-3H3,(H,19,20). The second-order valence-corrected chi connectivity index (χ2v) is 6.40. The molecule has 0 bridgehead atoms. The first-order valence-corrected chi connectivity index (χ1v) is 8.52. The van der Waals surface area contributed by atoms with Gasteiger partial charge in [-0.2, -0.15) is 0 Å². The Labute approximate surface area is 136 Å². The van der Waals surface area contributed by atoms with Crippen molar-refractivity contribution in [1.29, 1.82) is 0 Å². The van der Waals surface area contributed by atoms with Gasteiger partial charge in [0.1, 0.15) is 5.75 Å². The molecular formula is C17H26BrNO2. The molecule has 0 saturated carbocycles. The molecule has 0 aliphatic carbocycles. The molecule has 21 heavy (non-hydrogen) atoms. The Bertz CT molecular complexity index is 446. The quantitative estimate of drug-likeness (QED) is 0.654. The number of carbonyl (C=O) groups excluding carboxylic acids is 1. The monoisotopic (exact) mass is 355 g/mol. The molecule has 1 aromatic rings. The first-order valence-electron chi connectivity index (χ1n) is 7.73. The molecule has 4 heteroatoms. The van der Waals surface area contributed by atoms with Gasteiger partial charge in [-0.3, -0.25) is 4.79 Å². The van der Waals surface area contributed by atoms with Crippen LogP contribution in [-0.4, -0.2) is 19.1 Å². The molecule has 0 unspecified atom stereocenters. The molecule has 1 aromatic carbocycles. The van der Waals surface area contributed by atoms with E-state index in [1.807, 2.05) is 18.2 Å². The van der Waals surface area contributed by atoms with Crippen molar-refractivity contribution in [2.24, 2.45) is 0 Å². The van der Waals surface area contributed by atoms with E-state index in [4.69, 9.17) is 4.74 Å². The molecular weight excluding hydrogens is 330 g/mol. The molecule has 3 nitrogen and oxygen atoms in total. The van der Waals surface area contributed by atoms with Crippen molar-refractivity contribution in [3.05, 3.63) is 28.2 Å². The van der Waals surface area contributed by atoms with Crippen LogP contribution in [0.3, 0.4) is 0 Å². The average Bonchev–Trinajstić information content (AvgIpc) is 2.45. The summed E-state index contributed by atoms with van der Waals surface area (Å²) in [5.74, 6) is 1.12. The zero-order chi connectivity index (χ0) is 15.7. The van der Waals surface area contributed by atoms with Crippen molar-refractivity contribution in [1.82, 2.24) is 5.32 Å². The van der Waals surface area contributed by atoms with E-state index >= 15 is 0 Å². The molecule has 1 N–H and O–H groups in total. The molecule has 0 atom stereocenters. The van der Waals surface area contributed by atoms with E-state index < -0.39 is 0 Å². The van der Waals surface area contributed by atoms with Gasteiger partial charge >= 0.3 is 0 Å². The smallest absolute Gasteiger partial charge is 0.257 e. The van der Waals surface area contributed by atoms with Gasteiger partial charge < -0.3 is 10.1 Å². The Balaban J connectivity index is 2.33. The van der Waals surface area contributed by atoms with Crippen molar-refractivity contribution in [3.63, 3.8) is 0 Å². The van der Waals surface area contributed by atoms with E-state index in [0.717, 1.165) is 17.4 Å². The lowest BCUT2D eigenvalue weighted by Crippen LogP contribution is -2.29. The number of hydrogen-bond donors (Lipinski definition) is 1. The third-order valence-electron chi connectivity index (χ3n) is 3.33. The third-order valence-corrected chi connectivity index (χ3v) is 3.95. The van der Waals surface area contributed by atoms with Crippen LogP contribution in [0.4, 0.5) is 0 Å². The summed E-state index contributed by atoms with van der Waals surface area (Å²) in [6, 6.07) is 5.99. The number of amides is 1. The number of hydrogen-bond acceptors (Lipinski definition) is 2. The number of carbonyl (C=O) groups is 1. The number of ether oxygens (including phenoxy) is 1. The highest BCUT2D eigenvalue weighted by atomic mass is 79.9. The van der Waals surface area contributed by atoms with E-state index in [2.05, 4.69) is 42.0 Å². The molecule has 0 heterocycles. The van der Waals surface area contributed by atoms with Crippen molar-refractivity contribution in [3.8, 4) is 5.75 Å². The van der Waals surface area contributed by atoms with Crippen LogP contribution in [0.2, 0.25) is 0 Å². The number of halogens is 1. The molecule has 0 spiro atoms. The van der Waals surface area contributed by atoms with Gasteiger partial charge in [-0.05, 0) is 46.0 Å². The maximum atomic E-state index is 11.7. The number of rotatable bonds is 9. The van der Waals surface area contributed by atoms with Crippen molar-refractivity contribution >= 4 is 21.8 Å². The predicted octanol–water partition coefficient (Wildman–Crippen LogP) is 4.65. The minimum Gasteiger partial charge on any atom is -0.483 e. The lowest BCUT2D eigenvalue weighted by Gasteiger charge is -2.11. The largest absolute Gasteiger partial charge is 0.483 e. The van der Waals surface area contributed by atoms with Gasteiger partial charge in [-0.1, -0.05) is 46.1 Å². The zero-order valence-corrected chi connectivity index (χ0v) is 14.8. The van der Waals surface area contributed by atoms with Gasteiger partial charge in [-0.25, -0.2) is 0 Å². The van der Waals surface area contributed by atoms with Crippen LogP contribution in [0.25, 0.3) is 0 Å². The summed E-state index contributed by atoms with van der Waals surface area (Å²) in [7, 11) is 0. The lowest BCUT2D eigenvalue weighted by atomic mass is 10.0. The number of unbranched alkanes of at least 4 members (excludes halogenated alkanes) is 3. The summed E-state index contributed by atoms with van der Waals surface area (Å²) >= 11 is 3.49. The van der Waals surface area contributed by atoms with E-state index in [1.165, 1.54) is 24.8 Å². The topological polar surface area (TPSA) is 38.3 Å². The van der Waals surface area contributed by atoms with Crippen molar-refractivity contribution < 1.29 is 9.53 Å². The molecule has 0 saturated heterocycles. The molecule has 0 aromatic heterocycles. The fourth-order valence-electron chi connectivity index (χ4n) is 1.97. The maximum absolute atomic E-state index is 11.7. The van der Waals surface area contributed by atoms with E-state index in [1.54, 1.807) is 0 Å². The average molecular weight is 356 g/mol. The summed E-state index contributed by atoms with van der Waals surface area (Å²) in [4.78, 5) is 11.7. The Hall–Kier alpha value is -1.03. The van der Waals surface area contributed by atoms with Crippen molar-refractivity contribution in [2.75, 3.05) is 13.2 Å². The molecule has 0 fully saturated rings. The summed E-state index contributed by atoms with van der Waals surface area (Å²) in [5.41, 5.74) is 1.25. The van der Waals surface area contributed by atoms with Crippen LogP contribution in [0.5, 0.6) is 5.75 Å². The van der Waals surface area contributed by atoms with Crippen LogP contribution in [0.15, 0.2) is 22.7 Å². The summed E-state index contributed by atoms with van der Waals surface area (Å²) in [6.07, 6.45) is 4.63. The molecule has 0 radical (unpaired) electrons. The van der Waals surface area contributed by atoms with Gasteiger partial charge in [0, 0.05) is 6.54 Å². The van der Waals surface area contributed by atoms with Crippen molar-refractivity contribution in [2.45, 2.75) is 52.4 Å². The van der Waals surface area contributed by atoms with E-state index in [-0.39, 0.29) is 12.5 Å². The Morgan fingerprint density at radius 1 is 1.29 bits per heavy atom. The molecule has 118 valence electrons. The van der Waals surface area contributed by atoms with E-state index in [9.17, 15) is 4.79 Å². The summed E-state index contributed by atoms with van der Waals surface area (Å²) < 4.78 is 6.45.